The second-order valence-corrected chi connectivity index (χ2v) is 20.9. The fourth-order valence-electron chi connectivity index (χ4n) is 15.0. The number of carbonyl (C=O) groups excluding carboxylic acids is 5. The number of alkyl halides is 1. The molecule has 0 aliphatic heterocycles. The SMILES string of the molecule is C=C(C[C@@H](N)C(=O)OCC(=O)[C@@]1(O)[C@H](C)CC2C3CCC4=CC(=O)C=C[C@]4(C)[C@@]3(F)[C@@H](O)C[C@@]21C)OCC(=O)[C@@]1(O)CCC2C3CCC4=CC(=O)C=C[C@]4(C)C3[C@@H](O)C[C@@]21C. The van der Waals surface area contributed by atoms with E-state index in [4.69, 9.17) is 15.2 Å². The van der Waals surface area contributed by atoms with Crippen molar-refractivity contribution >= 4 is 29.1 Å². The first-order valence-corrected chi connectivity index (χ1v) is 22.1. The molecule has 6 saturated carbocycles. The maximum absolute atomic E-state index is 17.5. The van der Waals surface area contributed by atoms with E-state index in [0.717, 1.165) is 12.0 Å². The first-order chi connectivity index (χ1) is 28.4. The molecule has 13 heteroatoms. The molecule has 0 bridgehead atoms. The van der Waals surface area contributed by atoms with Gasteiger partial charge in [-0.2, -0.15) is 0 Å². The Balaban J connectivity index is 0.865. The number of ether oxygens (including phenoxy) is 2. The smallest absolute Gasteiger partial charge is 0.323 e. The Kier molecular flexibility index (Phi) is 10.4. The van der Waals surface area contributed by atoms with E-state index in [1.807, 2.05) is 13.0 Å². The van der Waals surface area contributed by atoms with E-state index in [2.05, 4.69) is 13.5 Å². The van der Waals surface area contributed by atoms with Crippen molar-refractivity contribution in [3.8, 4) is 0 Å². The monoisotopic (exact) mass is 847 g/mol. The number of fused-ring (bicyclic) bond motifs is 10. The van der Waals surface area contributed by atoms with E-state index in [0.29, 0.717) is 37.7 Å². The molecule has 6 fully saturated rings. The number of aliphatic hydroxyl groups is 4. The summed E-state index contributed by atoms with van der Waals surface area (Å²) < 4.78 is 28.6. The highest BCUT2D eigenvalue weighted by molar-refractivity contribution is 6.02. The van der Waals surface area contributed by atoms with Gasteiger partial charge in [-0.05, 0) is 113 Å². The Morgan fingerprint density at radius 3 is 2.21 bits per heavy atom. The molecule has 332 valence electrons. The molecular weight excluding hydrogens is 786 g/mol. The second-order valence-electron chi connectivity index (χ2n) is 20.9. The van der Waals surface area contributed by atoms with E-state index in [-0.39, 0.29) is 60.8 Å². The summed E-state index contributed by atoms with van der Waals surface area (Å²) in [6.07, 6.45) is 10.1. The number of aliphatic hydroxyl groups excluding tert-OH is 2. The molecule has 8 rings (SSSR count). The highest BCUT2D eigenvalue weighted by atomic mass is 19.1. The first kappa shape index (κ1) is 44.0. The van der Waals surface area contributed by atoms with E-state index >= 15 is 4.39 Å². The van der Waals surface area contributed by atoms with Crippen molar-refractivity contribution < 1.29 is 58.3 Å². The second kappa shape index (κ2) is 14.5. The zero-order valence-corrected chi connectivity index (χ0v) is 36.0. The van der Waals surface area contributed by atoms with Gasteiger partial charge in [0.05, 0.1) is 18.0 Å². The van der Waals surface area contributed by atoms with Crippen molar-refractivity contribution in [3.63, 3.8) is 0 Å². The summed E-state index contributed by atoms with van der Waals surface area (Å²) in [6, 6.07) is -1.35. The molecule has 0 spiro atoms. The van der Waals surface area contributed by atoms with Crippen LogP contribution in [0, 0.1) is 57.2 Å². The predicted octanol–water partition coefficient (Wildman–Crippen LogP) is 4.27. The van der Waals surface area contributed by atoms with Gasteiger partial charge in [0.2, 0.25) is 11.6 Å². The van der Waals surface area contributed by atoms with E-state index in [1.54, 1.807) is 39.0 Å². The Labute approximate surface area is 356 Å². The highest BCUT2D eigenvalue weighted by Crippen LogP contribution is 2.71. The van der Waals surface area contributed by atoms with Gasteiger partial charge in [0, 0.05) is 39.9 Å². The minimum absolute atomic E-state index is 0.0185. The standard InChI is InChI=1S/C48H62FNO11/c1-25-17-34-33-10-8-28-20-30(52)12-15-43(28,4)47(33,49)37(54)22-45(34,6)48(25,59)39(56)24-61-41(57)35(50)18-26(2)60-23-38(55)46(58)16-13-32-31-9-7-27-19-29(51)11-14-42(27,3)40(31)36(53)21-44(32,46)5/h11-12,14-15,19-20,25,31-37,40,53-54,58-59H,2,7-10,13,16-18,21-24,50H2,1,3-6H3/t25-,31?,32?,33?,34?,35-,36+,37+,40?,42+,43+,44+,45+,46+,47+,48+/m1/s1. The van der Waals surface area contributed by atoms with Crippen LogP contribution < -0.4 is 5.73 Å². The first-order valence-electron chi connectivity index (χ1n) is 22.1. The van der Waals surface area contributed by atoms with Crippen LogP contribution in [0.1, 0.15) is 98.8 Å². The quantitative estimate of drug-likeness (QED) is 0.154. The van der Waals surface area contributed by atoms with E-state index in [1.165, 1.54) is 12.2 Å². The molecule has 0 heterocycles. The third-order valence-corrected chi connectivity index (χ3v) is 18.3. The Bertz CT molecular complexity index is 2090. The Morgan fingerprint density at radius 1 is 0.869 bits per heavy atom. The average molecular weight is 848 g/mol. The zero-order chi connectivity index (χ0) is 44.5. The van der Waals surface area contributed by atoms with Gasteiger partial charge in [0.15, 0.2) is 23.8 Å². The van der Waals surface area contributed by atoms with Crippen LogP contribution in [0.25, 0.3) is 0 Å². The number of halogens is 1. The molecular formula is C48H62FNO11. The van der Waals surface area contributed by atoms with Crippen LogP contribution in [0.4, 0.5) is 4.39 Å². The maximum Gasteiger partial charge on any atom is 0.323 e. The summed E-state index contributed by atoms with van der Waals surface area (Å²) in [5.41, 5.74) is -2.06. The van der Waals surface area contributed by atoms with Crippen molar-refractivity contribution in [1.29, 1.82) is 0 Å². The summed E-state index contributed by atoms with van der Waals surface area (Å²) in [7, 11) is 0. The summed E-state index contributed by atoms with van der Waals surface area (Å²) in [5, 5.41) is 47.6. The van der Waals surface area contributed by atoms with Crippen molar-refractivity contribution in [2.24, 2.45) is 62.9 Å². The number of rotatable bonds is 10. The van der Waals surface area contributed by atoms with Crippen LogP contribution in [-0.2, 0) is 33.4 Å². The van der Waals surface area contributed by atoms with Gasteiger partial charge in [-0.3, -0.25) is 24.0 Å². The molecule has 8 aliphatic carbocycles. The number of allylic oxidation sites excluding steroid dienone is 8. The lowest BCUT2D eigenvalue weighted by Crippen LogP contribution is -2.69. The van der Waals surface area contributed by atoms with Gasteiger partial charge in [0.25, 0.3) is 0 Å². The van der Waals surface area contributed by atoms with Gasteiger partial charge >= 0.3 is 5.97 Å². The number of ketones is 4. The normalized spacial score (nSPS) is 47.3. The summed E-state index contributed by atoms with van der Waals surface area (Å²) in [4.78, 5) is 65.3. The topological polar surface area (TPSA) is 211 Å². The van der Waals surface area contributed by atoms with Gasteiger partial charge in [-0.1, -0.05) is 57.6 Å². The minimum Gasteiger partial charge on any atom is -0.491 e. The Hall–Kier alpha value is -3.62. The van der Waals surface area contributed by atoms with Gasteiger partial charge < -0.3 is 35.6 Å². The molecule has 0 aromatic carbocycles. The average Bonchev–Trinajstić information content (AvgIpc) is 3.58. The lowest BCUT2D eigenvalue weighted by molar-refractivity contribution is -0.220. The summed E-state index contributed by atoms with van der Waals surface area (Å²) in [6.45, 7) is 11.5. The van der Waals surface area contributed by atoms with Gasteiger partial charge in [0.1, 0.15) is 23.9 Å². The van der Waals surface area contributed by atoms with Crippen LogP contribution >= 0.6 is 0 Å². The number of Topliss-reactive ketones (excluding diaryl/α,β-unsaturated/α-hetero) is 2. The lowest BCUT2D eigenvalue weighted by atomic mass is 9.44. The van der Waals surface area contributed by atoms with Gasteiger partial charge in [-0.15, -0.1) is 0 Å². The van der Waals surface area contributed by atoms with Crippen LogP contribution in [0.3, 0.4) is 0 Å². The van der Waals surface area contributed by atoms with Crippen LogP contribution in [0.5, 0.6) is 0 Å². The number of carbonyl (C=O) groups is 5. The molecule has 0 saturated heterocycles. The zero-order valence-electron chi connectivity index (χ0n) is 36.0. The molecule has 0 aromatic rings. The minimum atomic E-state index is -2.13. The van der Waals surface area contributed by atoms with Crippen molar-refractivity contribution in [1.82, 2.24) is 0 Å². The molecule has 16 atom stereocenters. The third kappa shape index (κ3) is 5.95. The molecule has 61 heavy (non-hydrogen) atoms. The van der Waals surface area contributed by atoms with Crippen LogP contribution in [0.15, 0.2) is 59.9 Å². The maximum atomic E-state index is 17.5. The molecule has 8 aliphatic rings. The van der Waals surface area contributed by atoms with Crippen molar-refractivity contribution in [3.05, 3.63) is 59.9 Å². The number of nitrogens with two attached hydrogens (primary N) is 1. The van der Waals surface area contributed by atoms with Crippen molar-refractivity contribution in [2.75, 3.05) is 13.2 Å². The van der Waals surface area contributed by atoms with Crippen LogP contribution in [0.2, 0.25) is 0 Å². The largest absolute Gasteiger partial charge is 0.491 e. The molecule has 0 radical (unpaired) electrons. The van der Waals surface area contributed by atoms with Gasteiger partial charge in [-0.25, -0.2) is 4.39 Å². The van der Waals surface area contributed by atoms with Crippen molar-refractivity contribution in [2.45, 2.75) is 134 Å². The predicted molar refractivity (Wildman–Crippen MR) is 219 cm³/mol. The highest BCUT2D eigenvalue weighted by Gasteiger charge is 2.76. The molecule has 0 aromatic heterocycles. The lowest BCUT2D eigenvalue weighted by Gasteiger charge is -2.62. The van der Waals surface area contributed by atoms with E-state index < -0.39 is 105 Å². The third-order valence-electron chi connectivity index (χ3n) is 18.3. The summed E-state index contributed by atoms with van der Waals surface area (Å²) >= 11 is 0. The van der Waals surface area contributed by atoms with Crippen LogP contribution in [-0.4, -0.2) is 97.9 Å². The summed E-state index contributed by atoms with van der Waals surface area (Å²) in [5.74, 6) is -4.65. The molecule has 0 amide bonds. The van der Waals surface area contributed by atoms with E-state index in [9.17, 15) is 44.4 Å². The molecule has 5 unspecified atom stereocenters. The fraction of sp³-hybridized carbons (Fsp3) is 0.688. The molecule has 12 nitrogen and oxygen atoms in total. The molecule has 6 N–H and O–H groups in total. The number of hydrogen-bond acceptors (Lipinski definition) is 12. The number of esters is 1. The Morgan fingerprint density at radius 2 is 1.51 bits per heavy atom. The number of hydrogen-bond donors (Lipinski definition) is 5. The fourth-order valence-corrected chi connectivity index (χ4v) is 15.0.